The predicted octanol–water partition coefficient (Wildman–Crippen LogP) is 4.63. The largest absolute Gasteiger partial charge is 0.465 e. The fourth-order valence-electron chi connectivity index (χ4n) is 1.68. The minimum absolute atomic E-state index is 0.0261. The van der Waals surface area contributed by atoms with Gasteiger partial charge in [0, 0.05) is 5.56 Å². The number of halogens is 6. The van der Waals surface area contributed by atoms with Gasteiger partial charge in [0.25, 0.3) is 0 Å². The molecule has 1 aromatic carbocycles. The van der Waals surface area contributed by atoms with Crippen LogP contribution in [0.3, 0.4) is 0 Å². The molecule has 2 aromatic rings. The second kappa shape index (κ2) is 5.84. The molecule has 0 aliphatic heterocycles. The number of ether oxygens (including phenoxy) is 1. The Kier molecular flexibility index (Phi) is 4.38. The van der Waals surface area contributed by atoms with Crippen molar-refractivity contribution in [3.63, 3.8) is 0 Å². The molecule has 0 atom stereocenters. The maximum absolute atomic E-state index is 12.8. The van der Waals surface area contributed by atoms with E-state index in [2.05, 4.69) is 9.72 Å². The number of methoxy groups -OCH3 is 1. The molecule has 0 bridgehead atoms. The summed E-state index contributed by atoms with van der Waals surface area (Å²) in [5, 5.41) is -0.151. The molecular weight excluding hydrogens is 348 g/mol. The van der Waals surface area contributed by atoms with E-state index in [-0.39, 0.29) is 21.5 Å². The smallest absolute Gasteiger partial charge is 0.416 e. The number of esters is 1. The molecule has 0 N–H and O–H groups in total. The Balaban J connectivity index is 2.57. The Morgan fingerprint density at radius 1 is 1.04 bits per heavy atom. The van der Waals surface area contributed by atoms with Crippen LogP contribution in [0.1, 0.15) is 20.8 Å². The minimum Gasteiger partial charge on any atom is -0.465 e. The van der Waals surface area contributed by atoms with E-state index in [0.717, 1.165) is 13.3 Å². The van der Waals surface area contributed by atoms with Crippen LogP contribution in [0, 0.1) is 0 Å². The van der Waals surface area contributed by atoms with Crippen molar-refractivity contribution in [2.45, 2.75) is 12.4 Å². The van der Waals surface area contributed by atoms with Gasteiger partial charge in [-0.25, -0.2) is 9.78 Å². The van der Waals surface area contributed by atoms with E-state index in [9.17, 15) is 31.1 Å². The first-order valence-electron chi connectivity index (χ1n) is 5.86. The average Bonchev–Trinajstić information content (AvgIpc) is 2.94. The number of carbonyl (C=O) groups is 1. The summed E-state index contributed by atoms with van der Waals surface area (Å²) in [6.07, 6.45) is -8.86. The second-order valence-electron chi connectivity index (χ2n) is 4.32. The highest BCUT2D eigenvalue weighted by atomic mass is 32.1. The van der Waals surface area contributed by atoms with Crippen molar-refractivity contribution >= 4 is 17.3 Å². The highest BCUT2D eigenvalue weighted by molar-refractivity contribution is 7.16. The first-order chi connectivity index (χ1) is 10.5. The summed E-state index contributed by atoms with van der Waals surface area (Å²) in [4.78, 5) is 14.9. The van der Waals surface area contributed by atoms with Gasteiger partial charge >= 0.3 is 18.3 Å². The Morgan fingerprint density at radius 3 is 2.00 bits per heavy atom. The number of alkyl halides is 6. The lowest BCUT2D eigenvalue weighted by atomic mass is 10.1. The number of hydrogen-bond donors (Lipinski definition) is 0. The Labute approximate surface area is 129 Å². The molecule has 0 unspecified atom stereocenters. The molecule has 0 aliphatic carbocycles. The summed E-state index contributed by atoms with van der Waals surface area (Å²) in [7, 11) is 1.09. The molecule has 0 fully saturated rings. The lowest BCUT2D eigenvalue weighted by Crippen LogP contribution is -2.11. The van der Waals surface area contributed by atoms with Crippen LogP contribution < -0.4 is 0 Å². The molecule has 3 nitrogen and oxygen atoms in total. The van der Waals surface area contributed by atoms with E-state index in [1.807, 2.05) is 0 Å². The van der Waals surface area contributed by atoms with Gasteiger partial charge in [-0.1, -0.05) is 0 Å². The Hall–Kier alpha value is -2.10. The molecule has 10 heteroatoms. The van der Waals surface area contributed by atoms with E-state index in [0.29, 0.717) is 23.5 Å². The second-order valence-corrected chi connectivity index (χ2v) is 5.35. The highest BCUT2D eigenvalue weighted by Crippen LogP contribution is 2.39. The molecule has 124 valence electrons. The number of thiazole rings is 1. The molecule has 0 saturated carbocycles. The summed E-state index contributed by atoms with van der Waals surface area (Å²) in [6.45, 7) is 0. The number of benzene rings is 1. The van der Waals surface area contributed by atoms with E-state index < -0.39 is 29.4 Å². The maximum atomic E-state index is 12.8. The summed E-state index contributed by atoms with van der Waals surface area (Å²) in [6, 6.07) is 1.13. The molecule has 0 aliphatic rings. The Morgan fingerprint density at radius 2 is 1.57 bits per heavy atom. The van der Waals surface area contributed by atoms with E-state index in [1.165, 1.54) is 0 Å². The van der Waals surface area contributed by atoms with Crippen LogP contribution in [-0.4, -0.2) is 18.1 Å². The minimum atomic E-state index is -4.95. The normalized spacial score (nSPS) is 12.3. The van der Waals surface area contributed by atoms with Gasteiger partial charge in [0.05, 0.1) is 24.4 Å². The third-order valence-corrected chi connectivity index (χ3v) is 3.75. The zero-order valence-corrected chi connectivity index (χ0v) is 12.1. The summed E-state index contributed by atoms with van der Waals surface area (Å²) < 4.78 is 81.1. The van der Waals surface area contributed by atoms with E-state index >= 15 is 0 Å². The summed E-state index contributed by atoms with van der Waals surface area (Å²) >= 11 is 0.637. The standard InChI is InChI=1S/C13H7F6NO2S/c1-22-11(21)9-5-20-10(23-9)6-2-7(12(14,15)16)4-8(3-6)13(17,18)19/h2-5H,1H3. The van der Waals surface area contributed by atoms with E-state index in [4.69, 9.17) is 0 Å². The van der Waals surface area contributed by atoms with Gasteiger partial charge < -0.3 is 4.74 Å². The van der Waals surface area contributed by atoms with Gasteiger partial charge in [0.15, 0.2) is 0 Å². The number of aromatic nitrogens is 1. The average molecular weight is 355 g/mol. The van der Waals surface area contributed by atoms with E-state index in [1.54, 1.807) is 0 Å². The molecule has 2 rings (SSSR count). The topological polar surface area (TPSA) is 39.2 Å². The maximum Gasteiger partial charge on any atom is 0.416 e. The molecule has 0 saturated heterocycles. The summed E-state index contributed by atoms with van der Waals surface area (Å²) in [5.41, 5.74) is -3.28. The Bertz CT molecular complexity index is 703. The van der Waals surface area contributed by atoms with Crippen molar-refractivity contribution in [1.82, 2.24) is 4.98 Å². The van der Waals surface area contributed by atoms with Gasteiger partial charge in [0.1, 0.15) is 9.88 Å². The number of rotatable bonds is 2. The van der Waals surface area contributed by atoms with Crippen LogP contribution in [0.2, 0.25) is 0 Å². The number of hydrogen-bond acceptors (Lipinski definition) is 4. The van der Waals surface area contributed by atoms with Gasteiger partial charge in [-0.3, -0.25) is 0 Å². The molecule has 0 amide bonds. The monoisotopic (exact) mass is 355 g/mol. The molecule has 23 heavy (non-hydrogen) atoms. The van der Waals surface area contributed by atoms with Gasteiger partial charge in [-0.2, -0.15) is 26.3 Å². The van der Waals surface area contributed by atoms with Crippen molar-refractivity contribution in [1.29, 1.82) is 0 Å². The van der Waals surface area contributed by atoms with Crippen molar-refractivity contribution in [3.05, 3.63) is 40.4 Å². The molecule has 0 spiro atoms. The van der Waals surface area contributed by atoms with Crippen molar-refractivity contribution in [2.24, 2.45) is 0 Å². The molecule has 1 heterocycles. The number of nitrogens with zero attached hydrogens (tertiary/aromatic N) is 1. The first-order valence-corrected chi connectivity index (χ1v) is 6.68. The van der Waals surface area contributed by atoms with Crippen molar-refractivity contribution < 1.29 is 35.9 Å². The van der Waals surface area contributed by atoms with Crippen LogP contribution in [0.5, 0.6) is 0 Å². The van der Waals surface area contributed by atoms with Crippen LogP contribution in [0.4, 0.5) is 26.3 Å². The van der Waals surface area contributed by atoms with Gasteiger partial charge in [-0.15, -0.1) is 11.3 Å². The lowest BCUT2D eigenvalue weighted by Gasteiger charge is -2.13. The molecule has 0 radical (unpaired) electrons. The fourth-order valence-corrected chi connectivity index (χ4v) is 2.50. The fraction of sp³-hybridized carbons (Fsp3) is 0.231. The zero-order valence-electron chi connectivity index (χ0n) is 11.2. The van der Waals surface area contributed by atoms with Crippen molar-refractivity contribution in [2.75, 3.05) is 7.11 Å². The SMILES string of the molecule is COC(=O)c1cnc(-c2cc(C(F)(F)F)cc(C(F)(F)F)c2)s1. The van der Waals surface area contributed by atoms with Crippen LogP contribution in [-0.2, 0) is 17.1 Å². The lowest BCUT2D eigenvalue weighted by molar-refractivity contribution is -0.143. The van der Waals surface area contributed by atoms with Gasteiger partial charge in [0.2, 0.25) is 0 Å². The van der Waals surface area contributed by atoms with Crippen LogP contribution in [0.25, 0.3) is 10.6 Å². The van der Waals surface area contributed by atoms with Crippen molar-refractivity contribution in [3.8, 4) is 10.6 Å². The quantitative estimate of drug-likeness (QED) is 0.582. The van der Waals surface area contributed by atoms with Crippen LogP contribution in [0.15, 0.2) is 24.4 Å². The zero-order chi connectivity index (χ0) is 17.4. The molecule has 1 aromatic heterocycles. The molecular formula is C13H7F6NO2S. The summed E-state index contributed by atoms with van der Waals surface area (Å²) in [5.74, 6) is -0.781. The van der Waals surface area contributed by atoms with Gasteiger partial charge in [-0.05, 0) is 18.2 Å². The third kappa shape index (κ3) is 3.81. The number of carbonyl (C=O) groups excluding carboxylic acids is 1. The first kappa shape index (κ1) is 17.3. The third-order valence-electron chi connectivity index (χ3n) is 2.73. The van der Waals surface area contributed by atoms with Crippen LogP contribution >= 0.6 is 11.3 Å². The predicted molar refractivity (Wildman–Crippen MR) is 68.9 cm³/mol. The highest BCUT2D eigenvalue weighted by Gasteiger charge is 2.37.